The number of aliphatic hydroxyl groups excluding tert-OH is 1. The summed E-state index contributed by atoms with van der Waals surface area (Å²) in [7, 11) is 0. The lowest BCUT2D eigenvalue weighted by atomic mass is 10.1. The van der Waals surface area contributed by atoms with Crippen molar-refractivity contribution in [3.05, 3.63) is 95.2 Å². The molecule has 4 heteroatoms. The lowest BCUT2D eigenvalue weighted by Crippen LogP contribution is -2.32. The third kappa shape index (κ3) is 5.55. The van der Waals surface area contributed by atoms with E-state index in [1.54, 1.807) is 12.1 Å². The largest absolute Gasteiger partial charge is 0.465 e. The first-order chi connectivity index (χ1) is 12.6. The number of aryl methyl sites for hydroxylation is 1. The van der Waals surface area contributed by atoms with Gasteiger partial charge in [-0.15, -0.1) is 0 Å². The van der Waals surface area contributed by atoms with Crippen molar-refractivity contribution in [1.82, 2.24) is 4.90 Å². The van der Waals surface area contributed by atoms with Crippen molar-refractivity contribution in [2.45, 2.75) is 32.5 Å². The summed E-state index contributed by atoms with van der Waals surface area (Å²) in [5.74, 6) is 1.48. The van der Waals surface area contributed by atoms with Crippen LogP contribution in [0, 0.1) is 12.7 Å². The van der Waals surface area contributed by atoms with Crippen molar-refractivity contribution in [3.8, 4) is 0 Å². The topological polar surface area (TPSA) is 36.6 Å². The Hall–Kier alpha value is -2.43. The number of halogens is 1. The molecule has 0 aliphatic rings. The van der Waals surface area contributed by atoms with Crippen LogP contribution in [0.1, 0.15) is 22.6 Å². The molecule has 0 radical (unpaired) electrons. The number of aliphatic hydroxyl groups is 1. The highest BCUT2D eigenvalue weighted by Crippen LogP contribution is 2.15. The monoisotopic (exact) mass is 353 g/mol. The van der Waals surface area contributed by atoms with Gasteiger partial charge in [0.05, 0.1) is 12.6 Å². The van der Waals surface area contributed by atoms with E-state index in [1.807, 2.05) is 49.4 Å². The smallest absolute Gasteiger partial charge is 0.123 e. The molecule has 1 atom stereocenters. The molecule has 0 unspecified atom stereocenters. The predicted molar refractivity (Wildman–Crippen MR) is 100 cm³/mol. The van der Waals surface area contributed by atoms with E-state index in [-0.39, 0.29) is 5.82 Å². The van der Waals surface area contributed by atoms with Gasteiger partial charge in [0.2, 0.25) is 0 Å². The van der Waals surface area contributed by atoms with Crippen LogP contribution in [0.3, 0.4) is 0 Å². The van der Waals surface area contributed by atoms with E-state index in [0.29, 0.717) is 26.1 Å². The van der Waals surface area contributed by atoms with E-state index in [9.17, 15) is 9.50 Å². The van der Waals surface area contributed by atoms with Gasteiger partial charge >= 0.3 is 0 Å². The molecule has 0 saturated carbocycles. The molecular weight excluding hydrogens is 329 g/mol. The number of rotatable bonds is 8. The zero-order chi connectivity index (χ0) is 18.4. The normalized spacial score (nSPS) is 12.5. The summed E-state index contributed by atoms with van der Waals surface area (Å²) >= 11 is 0. The van der Waals surface area contributed by atoms with Gasteiger partial charge in [-0.3, -0.25) is 4.90 Å². The van der Waals surface area contributed by atoms with Crippen molar-refractivity contribution >= 4 is 0 Å². The van der Waals surface area contributed by atoms with Crippen molar-refractivity contribution < 1.29 is 13.9 Å². The quantitative estimate of drug-likeness (QED) is 0.655. The van der Waals surface area contributed by atoms with Crippen molar-refractivity contribution in [2.24, 2.45) is 0 Å². The molecule has 0 aliphatic heterocycles. The zero-order valence-corrected chi connectivity index (χ0v) is 14.9. The Bertz CT molecular complexity index is 799. The third-order valence-electron chi connectivity index (χ3n) is 4.28. The van der Waals surface area contributed by atoms with Crippen LogP contribution in [0.5, 0.6) is 0 Å². The maximum Gasteiger partial charge on any atom is 0.123 e. The number of furan rings is 1. The lowest BCUT2D eigenvalue weighted by molar-refractivity contribution is 0.100. The fraction of sp³-hybridized carbons (Fsp3) is 0.273. The van der Waals surface area contributed by atoms with E-state index >= 15 is 0 Å². The molecule has 1 aromatic heterocycles. The summed E-state index contributed by atoms with van der Waals surface area (Å²) in [5, 5.41) is 10.5. The molecule has 1 heterocycles. The highest BCUT2D eigenvalue weighted by atomic mass is 19.1. The van der Waals surface area contributed by atoms with Gasteiger partial charge in [0, 0.05) is 13.1 Å². The molecule has 3 aromatic rings. The van der Waals surface area contributed by atoms with Crippen molar-refractivity contribution in [2.75, 3.05) is 6.54 Å². The van der Waals surface area contributed by atoms with Crippen LogP contribution in [-0.2, 0) is 19.5 Å². The molecule has 0 fully saturated rings. The molecule has 3 rings (SSSR count). The van der Waals surface area contributed by atoms with Gasteiger partial charge in [-0.05, 0) is 48.7 Å². The first-order valence-corrected chi connectivity index (χ1v) is 8.82. The van der Waals surface area contributed by atoms with Gasteiger partial charge in [0.15, 0.2) is 0 Å². The van der Waals surface area contributed by atoms with Crippen LogP contribution in [0.2, 0.25) is 0 Å². The van der Waals surface area contributed by atoms with E-state index in [4.69, 9.17) is 4.42 Å². The average molecular weight is 353 g/mol. The summed E-state index contributed by atoms with van der Waals surface area (Å²) in [5.41, 5.74) is 2.11. The first-order valence-electron chi connectivity index (χ1n) is 8.82. The minimum atomic E-state index is -0.492. The molecule has 0 aliphatic carbocycles. The molecule has 26 heavy (non-hydrogen) atoms. The Morgan fingerprint density at radius 2 is 1.65 bits per heavy atom. The van der Waals surface area contributed by atoms with Gasteiger partial charge in [0.1, 0.15) is 17.3 Å². The van der Waals surface area contributed by atoms with Crippen LogP contribution in [-0.4, -0.2) is 22.7 Å². The van der Waals surface area contributed by atoms with Crippen molar-refractivity contribution in [1.29, 1.82) is 0 Å². The molecule has 3 nitrogen and oxygen atoms in total. The van der Waals surface area contributed by atoms with Gasteiger partial charge in [0.25, 0.3) is 0 Å². The number of nitrogens with zero attached hydrogens (tertiary/aromatic N) is 1. The van der Waals surface area contributed by atoms with Gasteiger partial charge in [-0.2, -0.15) is 0 Å². The zero-order valence-electron chi connectivity index (χ0n) is 14.9. The summed E-state index contributed by atoms with van der Waals surface area (Å²) in [6.45, 7) is 3.63. The first kappa shape index (κ1) is 18.4. The van der Waals surface area contributed by atoms with Crippen LogP contribution < -0.4 is 0 Å². The maximum absolute atomic E-state index is 13.2. The summed E-state index contributed by atoms with van der Waals surface area (Å²) in [6.07, 6.45) is 0.103. The molecule has 136 valence electrons. The third-order valence-corrected chi connectivity index (χ3v) is 4.28. The second-order valence-corrected chi connectivity index (χ2v) is 6.65. The van der Waals surface area contributed by atoms with Crippen LogP contribution in [0.25, 0.3) is 0 Å². The lowest BCUT2D eigenvalue weighted by Gasteiger charge is -2.24. The van der Waals surface area contributed by atoms with E-state index < -0.39 is 6.10 Å². The van der Waals surface area contributed by atoms with Gasteiger partial charge in [-0.1, -0.05) is 42.5 Å². The Morgan fingerprint density at radius 1 is 0.923 bits per heavy atom. The SMILES string of the molecule is Cc1ccc(CN(Cc2ccc(F)cc2)C[C@@H](O)Cc2ccccc2)o1. The van der Waals surface area contributed by atoms with E-state index in [2.05, 4.69) is 4.90 Å². The van der Waals surface area contributed by atoms with Gasteiger partial charge < -0.3 is 9.52 Å². The maximum atomic E-state index is 13.2. The Kier molecular flexibility index (Phi) is 6.21. The fourth-order valence-corrected chi connectivity index (χ4v) is 3.07. The number of hydrogen-bond donors (Lipinski definition) is 1. The van der Waals surface area contributed by atoms with Crippen molar-refractivity contribution in [3.63, 3.8) is 0 Å². The summed E-state index contributed by atoms with van der Waals surface area (Å²) in [4.78, 5) is 2.12. The Labute approximate surface area is 153 Å². The molecule has 0 saturated heterocycles. The van der Waals surface area contributed by atoms with E-state index in [0.717, 1.165) is 22.6 Å². The summed E-state index contributed by atoms with van der Waals surface area (Å²) in [6, 6.07) is 20.3. The molecule has 0 amide bonds. The standard InChI is InChI=1S/C22H24FNO2/c1-17-7-12-22(26-17)16-24(14-19-8-10-20(23)11-9-19)15-21(25)13-18-5-3-2-4-6-18/h2-12,21,25H,13-16H2,1H3/t21-/m0/s1. The minimum absolute atomic E-state index is 0.244. The molecule has 2 aromatic carbocycles. The Morgan fingerprint density at radius 3 is 2.31 bits per heavy atom. The average Bonchev–Trinajstić information content (AvgIpc) is 3.02. The molecule has 0 spiro atoms. The second kappa shape index (κ2) is 8.79. The van der Waals surface area contributed by atoms with E-state index in [1.165, 1.54) is 12.1 Å². The molecular formula is C22H24FNO2. The second-order valence-electron chi connectivity index (χ2n) is 6.65. The molecule has 1 N–H and O–H groups in total. The Balaban J connectivity index is 1.67. The van der Waals surface area contributed by atoms with Crippen LogP contribution in [0.4, 0.5) is 4.39 Å². The number of hydrogen-bond acceptors (Lipinski definition) is 3. The minimum Gasteiger partial charge on any atom is -0.465 e. The highest BCUT2D eigenvalue weighted by molar-refractivity contribution is 5.17. The van der Waals surface area contributed by atoms with Crippen LogP contribution in [0.15, 0.2) is 71.1 Å². The predicted octanol–water partition coefficient (Wildman–Crippen LogP) is 4.33. The molecule has 0 bridgehead atoms. The van der Waals surface area contributed by atoms with Crippen LogP contribution >= 0.6 is 0 Å². The number of benzene rings is 2. The van der Waals surface area contributed by atoms with Gasteiger partial charge in [-0.25, -0.2) is 4.39 Å². The summed E-state index contributed by atoms with van der Waals surface area (Å²) < 4.78 is 18.8. The highest BCUT2D eigenvalue weighted by Gasteiger charge is 2.15. The fourth-order valence-electron chi connectivity index (χ4n) is 3.07.